The largest absolute Gasteiger partial charge is 0.422 e. The summed E-state index contributed by atoms with van der Waals surface area (Å²) in [4.78, 5) is 12.7. The van der Waals surface area contributed by atoms with Crippen molar-refractivity contribution in [2.45, 2.75) is 13.8 Å². The van der Waals surface area contributed by atoms with Crippen molar-refractivity contribution in [1.82, 2.24) is 0 Å². The molecule has 25 heavy (non-hydrogen) atoms. The molecule has 0 saturated carbocycles. The van der Waals surface area contributed by atoms with Gasteiger partial charge in [-0.15, -0.1) is 0 Å². The van der Waals surface area contributed by atoms with Gasteiger partial charge in [0.1, 0.15) is 5.76 Å². The van der Waals surface area contributed by atoms with E-state index in [1.165, 1.54) is 0 Å². The van der Waals surface area contributed by atoms with Gasteiger partial charge in [-0.3, -0.25) is 0 Å². The number of hydrogen-bond acceptors (Lipinski definition) is 2. The molecule has 2 nitrogen and oxygen atoms in total. The number of fused-ring (bicyclic) bond motifs is 1. The highest BCUT2D eigenvalue weighted by Gasteiger charge is 2.18. The maximum Gasteiger partial charge on any atom is 0.344 e. The Labute approximate surface area is 146 Å². The SMILES string of the molecule is Cc1cc(C)c2c(-c3ccccc3)c(-c3ccccc3)oc(=O)c2c1. The summed E-state index contributed by atoms with van der Waals surface area (Å²) >= 11 is 0. The van der Waals surface area contributed by atoms with E-state index in [1.807, 2.05) is 61.5 Å². The highest BCUT2D eigenvalue weighted by Crippen LogP contribution is 2.38. The lowest BCUT2D eigenvalue weighted by Gasteiger charge is -2.14. The van der Waals surface area contributed by atoms with E-state index in [0.29, 0.717) is 11.1 Å². The summed E-state index contributed by atoms with van der Waals surface area (Å²) in [6.07, 6.45) is 0. The molecule has 0 saturated heterocycles. The first-order valence-electron chi connectivity index (χ1n) is 8.34. The molecule has 0 spiro atoms. The van der Waals surface area contributed by atoms with Crippen molar-refractivity contribution in [3.8, 4) is 22.5 Å². The van der Waals surface area contributed by atoms with Crippen LogP contribution in [-0.4, -0.2) is 0 Å². The molecule has 4 rings (SSSR count). The summed E-state index contributed by atoms with van der Waals surface area (Å²) in [6.45, 7) is 4.05. The molecule has 0 aliphatic heterocycles. The first-order valence-corrected chi connectivity index (χ1v) is 8.34. The molecule has 1 heterocycles. The Morgan fingerprint density at radius 3 is 2.00 bits per heavy atom. The lowest BCUT2D eigenvalue weighted by atomic mass is 9.92. The minimum atomic E-state index is -0.291. The molecule has 0 aliphatic rings. The predicted molar refractivity (Wildman–Crippen MR) is 103 cm³/mol. The molecule has 0 N–H and O–H groups in total. The summed E-state index contributed by atoms with van der Waals surface area (Å²) in [5.41, 5.74) is 4.77. The van der Waals surface area contributed by atoms with Gasteiger partial charge in [-0.25, -0.2) is 4.79 Å². The van der Waals surface area contributed by atoms with E-state index in [1.54, 1.807) is 0 Å². The standard InChI is InChI=1S/C23H18O2/c1-15-13-16(2)20-19(14-15)23(24)25-22(18-11-7-4-8-12-18)21(20)17-9-5-3-6-10-17/h3-14H,1-2H3. The van der Waals surface area contributed by atoms with Gasteiger partial charge in [0, 0.05) is 16.5 Å². The van der Waals surface area contributed by atoms with Crippen molar-refractivity contribution in [3.63, 3.8) is 0 Å². The summed E-state index contributed by atoms with van der Waals surface area (Å²) in [6, 6.07) is 23.9. The molecule has 0 bridgehead atoms. The van der Waals surface area contributed by atoms with Crippen LogP contribution in [0.15, 0.2) is 82.0 Å². The Kier molecular flexibility index (Phi) is 3.73. The summed E-state index contributed by atoms with van der Waals surface area (Å²) in [5, 5.41) is 1.60. The zero-order chi connectivity index (χ0) is 17.4. The second kappa shape index (κ2) is 6.06. The minimum Gasteiger partial charge on any atom is -0.422 e. The van der Waals surface area contributed by atoms with E-state index >= 15 is 0 Å². The maximum absolute atomic E-state index is 12.7. The Hall–Kier alpha value is -3.13. The first kappa shape index (κ1) is 15.4. The Morgan fingerprint density at radius 1 is 0.760 bits per heavy atom. The van der Waals surface area contributed by atoms with E-state index in [0.717, 1.165) is 33.2 Å². The van der Waals surface area contributed by atoms with E-state index in [2.05, 4.69) is 25.1 Å². The molecular formula is C23H18O2. The maximum atomic E-state index is 12.7. The van der Waals surface area contributed by atoms with Crippen LogP contribution in [0.2, 0.25) is 0 Å². The second-order valence-corrected chi connectivity index (χ2v) is 6.33. The molecule has 122 valence electrons. The molecule has 3 aromatic carbocycles. The van der Waals surface area contributed by atoms with Crippen molar-refractivity contribution in [2.75, 3.05) is 0 Å². The topological polar surface area (TPSA) is 30.2 Å². The third kappa shape index (κ3) is 2.66. The van der Waals surface area contributed by atoms with E-state index < -0.39 is 0 Å². The fourth-order valence-electron chi connectivity index (χ4n) is 3.45. The highest BCUT2D eigenvalue weighted by atomic mass is 16.4. The van der Waals surface area contributed by atoms with Crippen LogP contribution >= 0.6 is 0 Å². The zero-order valence-corrected chi connectivity index (χ0v) is 14.2. The van der Waals surface area contributed by atoms with Gasteiger partial charge in [-0.2, -0.15) is 0 Å². The Balaban J connectivity index is 2.21. The van der Waals surface area contributed by atoms with Crippen LogP contribution in [0, 0.1) is 13.8 Å². The molecule has 0 atom stereocenters. The van der Waals surface area contributed by atoms with E-state index in [4.69, 9.17) is 4.42 Å². The third-order valence-electron chi connectivity index (χ3n) is 4.47. The molecular weight excluding hydrogens is 308 g/mol. The minimum absolute atomic E-state index is 0.291. The molecule has 0 fully saturated rings. The Bertz CT molecular complexity index is 1110. The van der Waals surface area contributed by atoms with Crippen molar-refractivity contribution in [3.05, 3.63) is 94.3 Å². The quantitative estimate of drug-likeness (QED) is 0.470. The van der Waals surface area contributed by atoms with Crippen molar-refractivity contribution < 1.29 is 4.42 Å². The van der Waals surface area contributed by atoms with Crippen LogP contribution in [0.5, 0.6) is 0 Å². The fourth-order valence-corrected chi connectivity index (χ4v) is 3.45. The monoisotopic (exact) mass is 326 g/mol. The van der Waals surface area contributed by atoms with Gasteiger partial charge in [-0.05, 0) is 36.6 Å². The van der Waals surface area contributed by atoms with Gasteiger partial charge in [0.15, 0.2) is 0 Å². The number of benzene rings is 3. The van der Waals surface area contributed by atoms with Crippen LogP contribution < -0.4 is 5.63 Å². The second-order valence-electron chi connectivity index (χ2n) is 6.33. The molecule has 2 heteroatoms. The van der Waals surface area contributed by atoms with Gasteiger partial charge < -0.3 is 4.42 Å². The average molecular weight is 326 g/mol. The summed E-state index contributed by atoms with van der Waals surface area (Å²) in [7, 11) is 0. The third-order valence-corrected chi connectivity index (χ3v) is 4.47. The molecule has 0 amide bonds. The average Bonchev–Trinajstić information content (AvgIpc) is 2.63. The van der Waals surface area contributed by atoms with Crippen molar-refractivity contribution in [1.29, 1.82) is 0 Å². The van der Waals surface area contributed by atoms with Crippen LogP contribution in [0.25, 0.3) is 33.2 Å². The van der Waals surface area contributed by atoms with Gasteiger partial charge in [0.05, 0.1) is 5.39 Å². The summed E-state index contributed by atoms with van der Waals surface area (Å²) < 4.78 is 5.82. The van der Waals surface area contributed by atoms with Gasteiger partial charge >= 0.3 is 5.63 Å². The Morgan fingerprint density at radius 2 is 1.36 bits per heavy atom. The van der Waals surface area contributed by atoms with Crippen molar-refractivity contribution in [2.24, 2.45) is 0 Å². The number of rotatable bonds is 2. The molecule has 4 aromatic rings. The predicted octanol–water partition coefficient (Wildman–Crippen LogP) is 5.74. The van der Waals surface area contributed by atoms with Gasteiger partial charge in [0.25, 0.3) is 0 Å². The normalized spacial score (nSPS) is 11.0. The lowest BCUT2D eigenvalue weighted by Crippen LogP contribution is -2.04. The first-order chi connectivity index (χ1) is 12.1. The van der Waals surface area contributed by atoms with E-state index in [9.17, 15) is 4.79 Å². The molecule has 0 aliphatic carbocycles. The van der Waals surface area contributed by atoms with Gasteiger partial charge in [-0.1, -0.05) is 66.7 Å². The van der Waals surface area contributed by atoms with Crippen LogP contribution in [0.1, 0.15) is 11.1 Å². The summed E-state index contributed by atoms with van der Waals surface area (Å²) in [5.74, 6) is 0.622. The van der Waals surface area contributed by atoms with Crippen LogP contribution in [0.3, 0.4) is 0 Å². The number of hydrogen-bond donors (Lipinski definition) is 0. The van der Waals surface area contributed by atoms with E-state index in [-0.39, 0.29) is 5.63 Å². The highest BCUT2D eigenvalue weighted by molar-refractivity contribution is 6.03. The lowest BCUT2D eigenvalue weighted by molar-refractivity contribution is 0.536. The number of aryl methyl sites for hydroxylation is 2. The molecule has 1 aromatic heterocycles. The van der Waals surface area contributed by atoms with Crippen molar-refractivity contribution >= 4 is 10.8 Å². The molecule has 0 radical (unpaired) electrons. The zero-order valence-electron chi connectivity index (χ0n) is 14.2. The smallest absolute Gasteiger partial charge is 0.344 e. The van der Waals surface area contributed by atoms with Crippen LogP contribution in [0.4, 0.5) is 0 Å². The fraction of sp³-hybridized carbons (Fsp3) is 0.0870. The van der Waals surface area contributed by atoms with Crippen LogP contribution in [-0.2, 0) is 0 Å². The molecule has 0 unspecified atom stereocenters. The van der Waals surface area contributed by atoms with Gasteiger partial charge in [0.2, 0.25) is 0 Å².